The standard InChI is InChI=1S/C10H10BrN3O4/c11-5-2-1-3-13-8(5)9(16)14-6(10(17)18)4-7(12)15/h1-3,6H,4H2,(H2,12,15)(H,14,16)(H,17,18). The van der Waals surface area contributed by atoms with Gasteiger partial charge in [-0.25, -0.2) is 9.78 Å². The number of amides is 2. The van der Waals surface area contributed by atoms with Crippen molar-refractivity contribution in [1.29, 1.82) is 0 Å². The van der Waals surface area contributed by atoms with Crippen molar-refractivity contribution in [1.82, 2.24) is 10.3 Å². The van der Waals surface area contributed by atoms with Gasteiger partial charge in [-0.1, -0.05) is 0 Å². The number of halogens is 1. The Labute approximate surface area is 111 Å². The van der Waals surface area contributed by atoms with Crippen molar-refractivity contribution in [3.63, 3.8) is 0 Å². The van der Waals surface area contributed by atoms with E-state index in [2.05, 4.69) is 26.2 Å². The van der Waals surface area contributed by atoms with Crippen molar-refractivity contribution in [3.05, 3.63) is 28.5 Å². The van der Waals surface area contributed by atoms with Crippen molar-refractivity contribution < 1.29 is 19.5 Å². The van der Waals surface area contributed by atoms with Gasteiger partial charge in [0.05, 0.1) is 6.42 Å². The minimum absolute atomic E-state index is 0.0354. The Morgan fingerprint density at radius 3 is 2.67 bits per heavy atom. The van der Waals surface area contributed by atoms with Crippen LogP contribution in [0, 0.1) is 0 Å². The van der Waals surface area contributed by atoms with E-state index in [4.69, 9.17) is 10.8 Å². The van der Waals surface area contributed by atoms with E-state index in [1.165, 1.54) is 6.20 Å². The molecule has 8 heteroatoms. The molecule has 0 radical (unpaired) electrons. The highest BCUT2D eigenvalue weighted by Gasteiger charge is 2.24. The van der Waals surface area contributed by atoms with Crippen LogP contribution in [-0.2, 0) is 9.59 Å². The Morgan fingerprint density at radius 2 is 2.17 bits per heavy atom. The molecule has 0 aliphatic heterocycles. The molecule has 1 aromatic rings. The Bertz CT molecular complexity index is 492. The van der Waals surface area contributed by atoms with Crippen molar-refractivity contribution >= 4 is 33.7 Å². The summed E-state index contributed by atoms with van der Waals surface area (Å²) in [7, 11) is 0. The SMILES string of the molecule is NC(=O)CC(NC(=O)c1ncccc1Br)C(=O)O. The number of primary amides is 1. The van der Waals surface area contributed by atoms with Gasteiger partial charge in [-0.2, -0.15) is 0 Å². The normalized spacial score (nSPS) is 11.6. The molecule has 18 heavy (non-hydrogen) atoms. The van der Waals surface area contributed by atoms with E-state index in [9.17, 15) is 14.4 Å². The van der Waals surface area contributed by atoms with Crippen molar-refractivity contribution in [2.75, 3.05) is 0 Å². The lowest BCUT2D eigenvalue weighted by molar-refractivity contribution is -0.140. The molecule has 7 nitrogen and oxygen atoms in total. The quantitative estimate of drug-likeness (QED) is 0.700. The van der Waals surface area contributed by atoms with Gasteiger partial charge in [-0.15, -0.1) is 0 Å². The highest BCUT2D eigenvalue weighted by atomic mass is 79.9. The lowest BCUT2D eigenvalue weighted by Gasteiger charge is -2.12. The Morgan fingerprint density at radius 1 is 1.50 bits per heavy atom. The van der Waals surface area contributed by atoms with Crippen molar-refractivity contribution in [2.45, 2.75) is 12.5 Å². The first-order chi connectivity index (χ1) is 8.41. The van der Waals surface area contributed by atoms with Gasteiger partial charge in [-0.05, 0) is 28.1 Å². The summed E-state index contributed by atoms with van der Waals surface area (Å²) in [5.41, 5.74) is 4.93. The number of aromatic nitrogens is 1. The molecule has 0 aromatic carbocycles. The smallest absolute Gasteiger partial charge is 0.326 e. The molecule has 0 saturated heterocycles. The number of carboxylic acid groups (broad SMARTS) is 1. The zero-order valence-corrected chi connectivity index (χ0v) is 10.7. The fraction of sp³-hybridized carbons (Fsp3) is 0.200. The van der Waals surface area contributed by atoms with Crippen LogP contribution in [0.1, 0.15) is 16.9 Å². The first-order valence-corrected chi connectivity index (χ1v) is 5.63. The molecule has 96 valence electrons. The lowest BCUT2D eigenvalue weighted by Crippen LogP contribution is -2.43. The van der Waals surface area contributed by atoms with E-state index >= 15 is 0 Å². The molecule has 0 aliphatic rings. The number of pyridine rings is 1. The van der Waals surface area contributed by atoms with Crippen molar-refractivity contribution in [2.24, 2.45) is 5.73 Å². The average Bonchev–Trinajstić information content (AvgIpc) is 2.27. The number of aliphatic carboxylic acids is 1. The number of carbonyl (C=O) groups is 3. The molecule has 1 atom stereocenters. The zero-order chi connectivity index (χ0) is 13.7. The minimum atomic E-state index is -1.37. The van der Waals surface area contributed by atoms with Gasteiger partial charge in [0.15, 0.2) is 0 Å². The van der Waals surface area contributed by atoms with Crippen LogP contribution in [0.3, 0.4) is 0 Å². The molecule has 1 aromatic heterocycles. The molecular weight excluding hydrogens is 306 g/mol. The summed E-state index contributed by atoms with van der Waals surface area (Å²) in [6.45, 7) is 0. The van der Waals surface area contributed by atoms with Crippen LogP contribution in [0.5, 0.6) is 0 Å². The number of hydrogen-bond donors (Lipinski definition) is 3. The summed E-state index contributed by atoms with van der Waals surface area (Å²) < 4.78 is 0.422. The second-order valence-corrected chi connectivity index (χ2v) is 4.22. The molecule has 1 heterocycles. The van der Waals surface area contributed by atoms with Crippen LogP contribution in [0.2, 0.25) is 0 Å². The molecule has 0 fully saturated rings. The minimum Gasteiger partial charge on any atom is -0.480 e. The van der Waals surface area contributed by atoms with Crippen LogP contribution in [0.4, 0.5) is 0 Å². The van der Waals surface area contributed by atoms with Gasteiger partial charge in [0.25, 0.3) is 5.91 Å². The predicted molar refractivity (Wildman–Crippen MR) is 64.6 cm³/mol. The summed E-state index contributed by atoms with van der Waals surface area (Å²) in [5.74, 6) is -2.85. The van der Waals surface area contributed by atoms with Gasteiger partial charge >= 0.3 is 5.97 Å². The number of rotatable bonds is 5. The Kier molecular flexibility index (Phi) is 4.78. The average molecular weight is 316 g/mol. The van der Waals surface area contributed by atoms with Gasteiger partial charge < -0.3 is 16.2 Å². The topological polar surface area (TPSA) is 122 Å². The molecule has 1 unspecified atom stereocenters. The van der Waals surface area contributed by atoms with Gasteiger partial charge in [0, 0.05) is 10.7 Å². The van der Waals surface area contributed by atoms with Crippen LogP contribution in [-0.4, -0.2) is 33.9 Å². The molecule has 0 saturated carbocycles. The van der Waals surface area contributed by atoms with Gasteiger partial charge in [0.1, 0.15) is 11.7 Å². The summed E-state index contributed by atoms with van der Waals surface area (Å²) >= 11 is 3.11. The summed E-state index contributed by atoms with van der Waals surface area (Å²) in [6, 6.07) is 1.83. The molecule has 2 amide bonds. The fourth-order valence-corrected chi connectivity index (χ4v) is 1.62. The van der Waals surface area contributed by atoms with Crippen LogP contribution in [0.25, 0.3) is 0 Å². The van der Waals surface area contributed by atoms with E-state index in [0.717, 1.165) is 0 Å². The number of carboxylic acids is 1. The van der Waals surface area contributed by atoms with E-state index in [-0.39, 0.29) is 5.69 Å². The monoisotopic (exact) mass is 315 g/mol. The number of nitrogens with zero attached hydrogens (tertiary/aromatic N) is 1. The zero-order valence-electron chi connectivity index (χ0n) is 9.09. The maximum Gasteiger partial charge on any atom is 0.326 e. The maximum absolute atomic E-state index is 11.7. The highest BCUT2D eigenvalue weighted by Crippen LogP contribution is 2.13. The fourth-order valence-electron chi connectivity index (χ4n) is 1.18. The second kappa shape index (κ2) is 6.10. The first kappa shape index (κ1) is 14.1. The second-order valence-electron chi connectivity index (χ2n) is 3.37. The summed E-state index contributed by atoms with van der Waals surface area (Å²) in [6.07, 6.45) is 0.912. The van der Waals surface area contributed by atoms with Crippen LogP contribution < -0.4 is 11.1 Å². The molecule has 4 N–H and O–H groups in total. The van der Waals surface area contributed by atoms with E-state index < -0.39 is 30.2 Å². The number of nitrogens with one attached hydrogen (secondary N) is 1. The molecular formula is C10H10BrN3O4. The van der Waals surface area contributed by atoms with E-state index in [0.29, 0.717) is 4.47 Å². The molecule has 1 rings (SSSR count). The summed E-state index contributed by atoms with van der Waals surface area (Å²) in [4.78, 5) is 37.1. The third-order valence-corrected chi connectivity index (χ3v) is 2.62. The highest BCUT2D eigenvalue weighted by molar-refractivity contribution is 9.10. The lowest BCUT2D eigenvalue weighted by atomic mass is 10.2. The third kappa shape index (κ3) is 3.81. The number of nitrogens with two attached hydrogens (primary N) is 1. The Balaban J connectivity index is 2.82. The largest absolute Gasteiger partial charge is 0.480 e. The molecule has 0 aliphatic carbocycles. The van der Waals surface area contributed by atoms with Crippen LogP contribution >= 0.6 is 15.9 Å². The van der Waals surface area contributed by atoms with Gasteiger partial charge in [0.2, 0.25) is 5.91 Å². The summed E-state index contributed by atoms with van der Waals surface area (Å²) in [5, 5.41) is 11.0. The van der Waals surface area contributed by atoms with E-state index in [1.54, 1.807) is 12.1 Å². The molecule has 0 spiro atoms. The predicted octanol–water partition coefficient (Wildman–Crippen LogP) is -0.0975. The number of carbonyl (C=O) groups excluding carboxylic acids is 2. The first-order valence-electron chi connectivity index (χ1n) is 4.84. The van der Waals surface area contributed by atoms with Crippen LogP contribution in [0.15, 0.2) is 22.8 Å². The maximum atomic E-state index is 11.7. The van der Waals surface area contributed by atoms with E-state index in [1.807, 2.05) is 0 Å². The number of hydrogen-bond acceptors (Lipinski definition) is 4. The van der Waals surface area contributed by atoms with Crippen molar-refractivity contribution in [3.8, 4) is 0 Å². The molecule has 0 bridgehead atoms. The third-order valence-electron chi connectivity index (χ3n) is 1.98. The van der Waals surface area contributed by atoms with Gasteiger partial charge in [-0.3, -0.25) is 9.59 Å². The Hall–Kier alpha value is -1.96.